The van der Waals surface area contributed by atoms with E-state index in [1.807, 2.05) is 13.0 Å². The van der Waals surface area contributed by atoms with Crippen molar-refractivity contribution < 1.29 is 18.8 Å². The minimum absolute atomic E-state index is 0.0563. The maximum absolute atomic E-state index is 13.8. The summed E-state index contributed by atoms with van der Waals surface area (Å²) in [5.41, 5.74) is 7.69. The van der Waals surface area contributed by atoms with Gasteiger partial charge in [0.1, 0.15) is 28.3 Å². The highest BCUT2D eigenvalue weighted by Gasteiger charge is 2.22. The first-order chi connectivity index (χ1) is 16.2. The van der Waals surface area contributed by atoms with Gasteiger partial charge in [0.2, 0.25) is 5.95 Å². The molecule has 8 nitrogen and oxygen atoms in total. The van der Waals surface area contributed by atoms with Crippen molar-refractivity contribution in [3.63, 3.8) is 0 Å². The van der Waals surface area contributed by atoms with Gasteiger partial charge in [-0.2, -0.15) is 4.39 Å². The number of pyridine rings is 2. The Kier molecular flexibility index (Phi) is 6.21. The number of rotatable bonds is 5. The number of fused-ring (bicyclic) bond motifs is 1. The van der Waals surface area contributed by atoms with E-state index in [1.165, 1.54) is 18.2 Å². The normalized spacial score (nSPS) is 12.7. The first kappa shape index (κ1) is 23.2. The Hall–Kier alpha value is -3.98. The number of nitrogens with two attached hydrogens (primary N) is 1. The number of aromatic nitrogens is 2. The number of halogens is 2. The molecule has 0 spiro atoms. The quantitative estimate of drug-likeness (QED) is 0.136. The van der Waals surface area contributed by atoms with Gasteiger partial charge >= 0.3 is 0 Å². The first-order valence-corrected chi connectivity index (χ1v) is 10.6. The van der Waals surface area contributed by atoms with E-state index in [9.17, 15) is 9.18 Å². The molecule has 4 rings (SSSR count). The van der Waals surface area contributed by atoms with Crippen LogP contribution in [-0.2, 0) is 0 Å². The van der Waals surface area contributed by atoms with Crippen LogP contribution >= 0.6 is 11.6 Å². The van der Waals surface area contributed by atoms with E-state index in [1.54, 1.807) is 32.0 Å². The zero-order valence-corrected chi connectivity index (χ0v) is 19.2. The molecule has 0 bridgehead atoms. The van der Waals surface area contributed by atoms with Crippen LogP contribution in [-0.4, -0.2) is 21.0 Å². The molecule has 10 heteroatoms. The Morgan fingerprint density at radius 3 is 2.71 bits per heavy atom. The Labute approximate surface area is 198 Å². The molecule has 0 saturated heterocycles. The molecule has 0 amide bonds. The molecule has 4 aromatic rings. The molecule has 0 aliphatic heterocycles. The Morgan fingerprint density at radius 1 is 1.24 bits per heavy atom. The maximum Gasteiger partial charge on any atom is 0.213 e. The fourth-order valence-corrected chi connectivity index (χ4v) is 3.80. The number of ether oxygens (including phenoxy) is 1. The lowest BCUT2D eigenvalue weighted by atomic mass is 10.0. The average molecular weight is 483 g/mol. The lowest BCUT2D eigenvalue weighted by molar-refractivity contribution is 0.225. The van der Waals surface area contributed by atoms with Crippen molar-refractivity contribution >= 4 is 28.4 Å². The number of nitrogens with zero attached hydrogens (tertiary/aromatic N) is 3. The first-order valence-electron chi connectivity index (χ1n) is 10.2. The van der Waals surface area contributed by atoms with E-state index in [0.29, 0.717) is 16.5 Å². The van der Waals surface area contributed by atoms with Gasteiger partial charge in [0.05, 0.1) is 5.39 Å². The van der Waals surface area contributed by atoms with Gasteiger partial charge < -0.3 is 20.1 Å². The van der Waals surface area contributed by atoms with Crippen LogP contribution in [0.4, 0.5) is 4.39 Å². The summed E-state index contributed by atoms with van der Waals surface area (Å²) in [6, 6.07) is 10.9. The lowest BCUT2D eigenvalue weighted by Crippen LogP contribution is -2.18. The van der Waals surface area contributed by atoms with E-state index in [4.69, 9.17) is 31.7 Å². The van der Waals surface area contributed by atoms with Crippen LogP contribution < -0.4 is 15.9 Å². The van der Waals surface area contributed by atoms with Crippen molar-refractivity contribution in [3.8, 4) is 17.2 Å². The topological polar surface area (TPSA) is 124 Å². The van der Waals surface area contributed by atoms with Gasteiger partial charge in [-0.3, -0.25) is 4.79 Å². The van der Waals surface area contributed by atoms with E-state index in [0.717, 1.165) is 5.56 Å². The van der Waals surface area contributed by atoms with Crippen molar-refractivity contribution in [2.24, 2.45) is 10.9 Å². The van der Waals surface area contributed by atoms with Gasteiger partial charge in [0, 0.05) is 11.1 Å². The highest BCUT2D eigenvalue weighted by molar-refractivity contribution is 6.29. The molecule has 34 heavy (non-hydrogen) atoms. The summed E-state index contributed by atoms with van der Waals surface area (Å²) in [5.74, 6) is -0.588. The van der Waals surface area contributed by atoms with Crippen molar-refractivity contribution in [1.82, 2.24) is 9.97 Å². The van der Waals surface area contributed by atoms with Crippen LogP contribution in [0, 0.1) is 19.8 Å². The maximum atomic E-state index is 13.8. The van der Waals surface area contributed by atoms with E-state index in [-0.39, 0.29) is 44.9 Å². The molecule has 3 N–H and O–H groups in total. The van der Waals surface area contributed by atoms with Gasteiger partial charge in [-0.1, -0.05) is 22.8 Å². The molecule has 3 aromatic heterocycles. The van der Waals surface area contributed by atoms with E-state index >= 15 is 0 Å². The zero-order valence-electron chi connectivity index (χ0n) is 18.5. The van der Waals surface area contributed by atoms with Gasteiger partial charge in [-0.05, 0) is 62.7 Å². The molecule has 174 valence electrons. The van der Waals surface area contributed by atoms with Gasteiger partial charge in [-0.25, -0.2) is 9.97 Å². The van der Waals surface area contributed by atoms with Crippen LogP contribution in [0.3, 0.4) is 0 Å². The van der Waals surface area contributed by atoms with Crippen molar-refractivity contribution in [3.05, 3.63) is 86.2 Å². The third-order valence-electron chi connectivity index (χ3n) is 5.26. The third-order valence-corrected chi connectivity index (χ3v) is 5.47. The molecular formula is C24H20ClFN4O4. The summed E-state index contributed by atoms with van der Waals surface area (Å²) in [6.07, 6.45) is -0.658. The Morgan fingerprint density at radius 2 is 2.00 bits per heavy atom. The average Bonchev–Trinajstić information content (AvgIpc) is 2.81. The number of hydrogen-bond acceptors (Lipinski definition) is 7. The van der Waals surface area contributed by atoms with Crippen LogP contribution in [0.15, 0.2) is 56.8 Å². The molecule has 0 saturated carbocycles. The number of hydrogen-bond donors (Lipinski definition) is 2. The number of oxime groups is 1. The molecule has 0 aliphatic rings. The summed E-state index contributed by atoms with van der Waals surface area (Å²) < 4.78 is 26.0. The Bertz CT molecular complexity index is 1500. The van der Waals surface area contributed by atoms with Crippen molar-refractivity contribution in [2.75, 3.05) is 0 Å². The molecule has 0 radical (unpaired) electrons. The lowest BCUT2D eigenvalue weighted by Gasteiger charge is -2.19. The highest BCUT2D eigenvalue weighted by atomic mass is 35.5. The summed E-state index contributed by atoms with van der Waals surface area (Å²) in [5, 5.41) is 12.6. The SMILES string of the molecule is Cc1cc([C@@H](C)Oc2ccc(Cl)nc2C(N)=NO)c2oc(-c3cccc(F)n3)c(C)c(=O)c2c1. The van der Waals surface area contributed by atoms with Crippen LogP contribution in [0.25, 0.3) is 22.4 Å². The summed E-state index contributed by atoms with van der Waals surface area (Å²) in [6.45, 7) is 5.20. The smallest absolute Gasteiger partial charge is 0.213 e. The Balaban J connectivity index is 1.89. The van der Waals surface area contributed by atoms with Gasteiger partial charge in [0.25, 0.3) is 0 Å². The molecule has 0 unspecified atom stereocenters. The second kappa shape index (κ2) is 9.11. The number of benzene rings is 1. The van der Waals surface area contributed by atoms with Gasteiger partial charge in [-0.15, -0.1) is 0 Å². The number of amidine groups is 1. The second-order valence-electron chi connectivity index (χ2n) is 7.69. The highest BCUT2D eigenvalue weighted by Crippen LogP contribution is 2.33. The zero-order chi connectivity index (χ0) is 24.6. The molecule has 0 aliphatic carbocycles. The molecule has 3 heterocycles. The fourth-order valence-electron chi connectivity index (χ4n) is 3.65. The van der Waals surface area contributed by atoms with Crippen LogP contribution in [0.1, 0.15) is 35.4 Å². The molecule has 0 fully saturated rings. The summed E-state index contributed by atoms with van der Waals surface area (Å²) >= 11 is 5.95. The van der Waals surface area contributed by atoms with Crippen LogP contribution in [0.2, 0.25) is 5.15 Å². The van der Waals surface area contributed by atoms with E-state index < -0.39 is 12.1 Å². The van der Waals surface area contributed by atoms with Gasteiger partial charge in [0.15, 0.2) is 22.7 Å². The minimum Gasteiger partial charge on any atom is -0.483 e. The standard InChI is InChI=1S/C24H20ClFN4O4/c1-11-9-14(13(3)33-17-7-8-18(25)29-20(17)24(27)30-32)23-15(10-11)21(31)12(2)22(34-23)16-5-4-6-19(26)28-16/h4-10,13,32H,1-3H3,(H2,27,30)/t13-/m1/s1. The predicted octanol–water partition coefficient (Wildman–Crippen LogP) is 4.89. The summed E-state index contributed by atoms with van der Waals surface area (Å²) in [7, 11) is 0. The predicted molar refractivity (Wildman–Crippen MR) is 126 cm³/mol. The molecule has 1 atom stereocenters. The third kappa shape index (κ3) is 4.29. The fraction of sp³-hybridized carbons (Fsp3) is 0.167. The molecule has 1 aromatic carbocycles. The largest absolute Gasteiger partial charge is 0.483 e. The van der Waals surface area contributed by atoms with Crippen LogP contribution in [0.5, 0.6) is 5.75 Å². The van der Waals surface area contributed by atoms with E-state index in [2.05, 4.69) is 15.1 Å². The van der Waals surface area contributed by atoms with Crippen molar-refractivity contribution in [2.45, 2.75) is 26.9 Å². The monoisotopic (exact) mass is 482 g/mol. The number of aryl methyl sites for hydroxylation is 1. The van der Waals surface area contributed by atoms with Crippen molar-refractivity contribution in [1.29, 1.82) is 0 Å². The second-order valence-corrected chi connectivity index (χ2v) is 8.07. The minimum atomic E-state index is -0.689. The summed E-state index contributed by atoms with van der Waals surface area (Å²) in [4.78, 5) is 21.1. The molecular weight excluding hydrogens is 463 g/mol.